The molecule has 0 radical (unpaired) electrons. The molecule has 2 aromatic rings. The van der Waals surface area contributed by atoms with E-state index < -0.39 is 36.3 Å². The highest BCUT2D eigenvalue weighted by Crippen LogP contribution is 2.30. The summed E-state index contributed by atoms with van der Waals surface area (Å²) >= 11 is 5.86. The molecule has 10 heteroatoms. The number of carbonyl (C=O) groups excluding carboxylic acids is 5. The number of rotatable bonds is 7. The predicted octanol–water partition coefficient (Wildman–Crippen LogP) is 3.17. The molecule has 0 saturated carbocycles. The Morgan fingerprint density at radius 3 is 2.33 bits per heavy atom. The lowest BCUT2D eigenvalue weighted by atomic mass is 10.1. The molecular formula is C23H22ClN3O6. The topological polar surface area (TPSA) is 122 Å². The first-order valence-corrected chi connectivity index (χ1v) is 10.6. The van der Waals surface area contributed by atoms with Gasteiger partial charge in [-0.3, -0.25) is 19.7 Å². The molecule has 2 N–H and O–H groups in total. The molecule has 1 aliphatic heterocycles. The minimum Gasteiger partial charge on any atom is -0.452 e. The Hall–Kier alpha value is -3.72. The molecule has 3 rings (SSSR count). The van der Waals surface area contributed by atoms with Gasteiger partial charge in [0.15, 0.2) is 6.61 Å². The fourth-order valence-electron chi connectivity index (χ4n) is 3.09. The number of hydrogen-bond acceptors (Lipinski definition) is 6. The summed E-state index contributed by atoms with van der Waals surface area (Å²) in [6.45, 7) is 3.73. The van der Waals surface area contributed by atoms with Gasteiger partial charge in [0.05, 0.1) is 22.4 Å². The SMILES string of the molecule is CC(C)CCNC(=O)NC(=O)COC(=O)c1ccc2c(c1)C(=O)N(c1ccc(Cl)cc1)C2=O. The van der Waals surface area contributed by atoms with E-state index in [1.165, 1.54) is 30.3 Å². The number of carbonyl (C=O) groups is 5. The summed E-state index contributed by atoms with van der Waals surface area (Å²) in [5, 5.41) is 5.05. The Bertz CT molecular complexity index is 1110. The number of nitrogens with zero attached hydrogens (tertiary/aromatic N) is 1. The Kier molecular flexibility index (Phi) is 7.44. The van der Waals surface area contributed by atoms with Crippen molar-refractivity contribution in [2.75, 3.05) is 18.1 Å². The van der Waals surface area contributed by atoms with E-state index in [0.29, 0.717) is 23.2 Å². The number of ether oxygens (including phenoxy) is 1. The molecule has 1 heterocycles. The normalized spacial score (nSPS) is 12.5. The first-order valence-electron chi connectivity index (χ1n) is 10.2. The van der Waals surface area contributed by atoms with Crippen molar-refractivity contribution in [3.05, 3.63) is 64.2 Å². The van der Waals surface area contributed by atoms with Crippen LogP contribution in [0.1, 0.15) is 51.3 Å². The largest absolute Gasteiger partial charge is 0.452 e. The highest BCUT2D eigenvalue weighted by molar-refractivity contribution is 6.35. The minimum atomic E-state index is -0.877. The molecule has 2 aromatic carbocycles. The predicted molar refractivity (Wildman–Crippen MR) is 120 cm³/mol. The van der Waals surface area contributed by atoms with E-state index in [4.69, 9.17) is 16.3 Å². The summed E-state index contributed by atoms with van der Waals surface area (Å²) in [6.07, 6.45) is 0.756. The zero-order chi connectivity index (χ0) is 24.1. The third-order valence-electron chi connectivity index (χ3n) is 4.80. The molecule has 0 fully saturated rings. The van der Waals surface area contributed by atoms with Crippen LogP contribution >= 0.6 is 11.6 Å². The quantitative estimate of drug-likeness (QED) is 0.472. The average molecular weight is 472 g/mol. The second-order valence-electron chi connectivity index (χ2n) is 7.75. The maximum absolute atomic E-state index is 12.8. The number of benzene rings is 2. The highest BCUT2D eigenvalue weighted by Gasteiger charge is 2.37. The number of fused-ring (bicyclic) bond motifs is 1. The Morgan fingerprint density at radius 2 is 1.67 bits per heavy atom. The van der Waals surface area contributed by atoms with Crippen molar-refractivity contribution >= 4 is 47.0 Å². The van der Waals surface area contributed by atoms with Crippen LogP contribution in [0.2, 0.25) is 5.02 Å². The summed E-state index contributed by atoms with van der Waals surface area (Å²) < 4.78 is 4.92. The summed E-state index contributed by atoms with van der Waals surface area (Å²) in [5.41, 5.74) is 0.515. The van der Waals surface area contributed by atoms with Gasteiger partial charge in [0.2, 0.25) is 0 Å². The Morgan fingerprint density at radius 1 is 1.00 bits per heavy atom. The van der Waals surface area contributed by atoms with E-state index in [0.717, 1.165) is 11.3 Å². The van der Waals surface area contributed by atoms with Gasteiger partial charge in [-0.15, -0.1) is 0 Å². The standard InChI is InChI=1S/C23H22ClN3O6/c1-13(2)9-10-25-23(32)26-19(28)12-33-22(31)14-3-8-17-18(11-14)21(30)27(20(17)29)16-6-4-15(24)5-7-16/h3-8,11,13H,9-10,12H2,1-2H3,(H2,25,26,28,32). The van der Waals surface area contributed by atoms with Crippen LogP contribution in [-0.2, 0) is 9.53 Å². The zero-order valence-electron chi connectivity index (χ0n) is 18.0. The van der Waals surface area contributed by atoms with Crippen LogP contribution < -0.4 is 15.5 Å². The molecule has 9 nitrogen and oxygen atoms in total. The van der Waals surface area contributed by atoms with Crippen molar-refractivity contribution in [1.29, 1.82) is 0 Å². The second-order valence-corrected chi connectivity index (χ2v) is 8.18. The molecule has 0 bridgehead atoms. The van der Waals surface area contributed by atoms with Crippen molar-refractivity contribution in [2.45, 2.75) is 20.3 Å². The van der Waals surface area contributed by atoms with Gasteiger partial charge in [0.1, 0.15) is 0 Å². The van der Waals surface area contributed by atoms with E-state index in [2.05, 4.69) is 10.6 Å². The minimum absolute atomic E-state index is 0.0120. The lowest BCUT2D eigenvalue weighted by Gasteiger charge is -2.13. The van der Waals surface area contributed by atoms with Crippen LogP contribution in [0.4, 0.5) is 10.5 Å². The summed E-state index contributed by atoms with van der Waals surface area (Å²) in [5.74, 6) is -2.40. The third kappa shape index (κ3) is 5.75. The number of urea groups is 1. The summed E-state index contributed by atoms with van der Waals surface area (Å²) in [6, 6.07) is 9.43. The number of esters is 1. The maximum atomic E-state index is 12.8. The van der Waals surface area contributed by atoms with E-state index in [1.807, 2.05) is 13.8 Å². The van der Waals surface area contributed by atoms with E-state index in [1.54, 1.807) is 12.1 Å². The molecule has 0 atom stereocenters. The third-order valence-corrected chi connectivity index (χ3v) is 5.05. The van der Waals surface area contributed by atoms with Crippen molar-refractivity contribution in [2.24, 2.45) is 5.92 Å². The van der Waals surface area contributed by atoms with Gasteiger partial charge in [-0.25, -0.2) is 14.5 Å². The molecular weight excluding hydrogens is 450 g/mol. The Labute approximate surface area is 195 Å². The maximum Gasteiger partial charge on any atom is 0.338 e. The number of imide groups is 2. The molecule has 0 spiro atoms. The Balaban J connectivity index is 1.60. The van der Waals surface area contributed by atoms with Crippen molar-refractivity contribution < 1.29 is 28.7 Å². The van der Waals surface area contributed by atoms with Crippen LogP contribution in [-0.4, -0.2) is 42.9 Å². The lowest BCUT2D eigenvalue weighted by molar-refractivity contribution is -0.123. The van der Waals surface area contributed by atoms with Crippen molar-refractivity contribution in [3.8, 4) is 0 Å². The van der Waals surface area contributed by atoms with Crippen LogP contribution in [0, 0.1) is 5.92 Å². The van der Waals surface area contributed by atoms with Crippen LogP contribution in [0.5, 0.6) is 0 Å². The molecule has 0 aliphatic carbocycles. The fraction of sp³-hybridized carbons (Fsp3) is 0.261. The van der Waals surface area contributed by atoms with Gasteiger partial charge in [-0.2, -0.15) is 0 Å². The lowest BCUT2D eigenvalue weighted by Crippen LogP contribution is -2.42. The van der Waals surface area contributed by atoms with Crippen LogP contribution in [0.15, 0.2) is 42.5 Å². The first-order chi connectivity index (χ1) is 15.7. The highest BCUT2D eigenvalue weighted by atomic mass is 35.5. The number of hydrogen-bond donors (Lipinski definition) is 2. The van der Waals surface area contributed by atoms with Gasteiger partial charge >= 0.3 is 12.0 Å². The average Bonchev–Trinajstić information content (AvgIpc) is 3.02. The van der Waals surface area contributed by atoms with Gasteiger partial charge in [0.25, 0.3) is 17.7 Å². The smallest absolute Gasteiger partial charge is 0.338 e. The van der Waals surface area contributed by atoms with Crippen molar-refractivity contribution in [1.82, 2.24) is 10.6 Å². The van der Waals surface area contributed by atoms with E-state index in [-0.39, 0.29) is 16.7 Å². The summed E-state index contributed by atoms with van der Waals surface area (Å²) in [7, 11) is 0. The molecule has 0 saturated heterocycles. The van der Waals surface area contributed by atoms with Crippen molar-refractivity contribution in [3.63, 3.8) is 0 Å². The van der Waals surface area contributed by atoms with Gasteiger partial charge in [0, 0.05) is 11.6 Å². The number of anilines is 1. The monoisotopic (exact) mass is 471 g/mol. The molecule has 5 amide bonds. The van der Waals surface area contributed by atoms with Crippen LogP contribution in [0.25, 0.3) is 0 Å². The molecule has 1 aliphatic rings. The van der Waals surface area contributed by atoms with Gasteiger partial charge in [-0.1, -0.05) is 25.4 Å². The van der Waals surface area contributed by atoms with Gasteiger partial charge < -0.3 is 10.1 Å². The first kappa shape index (κ1) is 23.9. The van der Waals surface area contributed by atoms with Crippen LogP contribution in [0.3, 0.4) is 0 Å². The molecule has 172 valence electrons. The van der Waals surface area contributed by atoms with E-state index >= 15 is 0 Å². The van der Waals surface area contributed by atoms with E-state index in [9.17, 15) is 24.0 Å². The van der Waals surface area contributed by atoms with Gasteiger partial charge in [-0.05, 0) is 54.8 Å². The number of amides is 5. The fourth-order valence-corrected chi connectivity index (χ4v) is 3.21. The molecule has 0 unspecified atom stereocenters. The summed E-state index contributed by atoms with van der Waals surface area (Å²) in [4.78, 5) is 62.3. The number of nitrogens with one attached hydrogen (secondary N) is 2. The number of halogens is 1. The zero-order valence-corrected chi connectivity index (χ0v) is 18.8. The molecule has 33 heavy (non-hydrogen) atoms. The second kappa shape index (κ2) is 10.3. The molecule has 0 aromatic heterocycles.